The average Bonchev–Trinajstić information content (AvgIpc) is 2.54. The van der Waals surface area contributed by atoms with E-state index in [1.54, 1.807) is 42.5 Å². The van der Waals surface area contributed by atoms with Crippen molar-refractivity contribution in [3.63, 3.8) is 0 Å². The van der Waals surface area contributed by atoms with Crippen molar-refractivity contribution in [3.05, 3.63) is 58.1 Å². The molecule has 0 saturated heterocycles. The highest BCUT2D eigenvalue weighted by Gasteiger charge is 2.07. The third-order valence-corrected chi connectivity index (χ3v) is 3.51. The Labute approximate surface area is 148 Å². The van der Waals surface area contributed by atoms with Crippen molar-refractivity contribution in [3.8, 4) is 5.75 Å². The van der Waals surface area contributed by atoms with Crippen molar-refractivity contribution < 1.29 is 14.3 Å². The third kappa shape index (κ3) is 5.64. The fourth-order valence-corrected chi connectivity index (χ4v) is 2.17. The Bertz CT molecular complexity index is 736. The minimum absolute atomic E-state index is 0.179. The van der Waals surface area contributed by atoms with Gasteiger partial charge in [0, 0.05) is 23.3 Å². The third-order valence-electron chi connectivity index (χ3n) is 2.96. The standard InChI is InChI=1S/C16H15Cl2N3O3/c17-11-3-6-13(18)14(7-11)24-9-15(22)20-8-10-1-4-12(5-2-10)21-16(19)23/h1-7H,8-9H2,(H,20,22)(H3,19,21,23). The van der Waals surface area contributed by atoms with Gasteiger partial charge in [-0.1, -0.05) is 35.3 Å². The molecule has 2 rings (SSSR count). The molecule has 0 radical (unpaired) electrons. The highest BCUT2D eigenvalue weighted by atomic mass is 35.5. The van der Waals surface area contributed by atoms with E-state index in [2.05, 4.69) is 10.6 Å². The number of carbonyl (C=O) groups is 2. The van der Waals surface area contributed by atoms with E-state index in [-0.39, 0.29) is 12.5 Å². The number of hydrogen-bond donors (Lipinski definition) is 3. The van der Waals surface area contributed by atoms with Crippen LogP contribution in [0.3, 0.4) is 0 Å². The summed E-state index contributed by atoms with van der Waals surface area (Å²) >= 11 is 11.8. The number of halogens is 2. The van der Waals surface area contributed by atoms with Crippen LogP contribution in [0.25, 0.3) is 0 Å². The summed E-state index contributed by atoms with van der Waals surface area (Å²) in [6.45, 7) is 0.143. The molecule has 0 atom stereocenters. The summed E-state index contributed by atoms with van der Waals surface area (Å²) < 4.78 is 5.34. The molecule has 24 heavy (non-hydrogen) atoms. The van der Waals surface area contributed by atoms with E-state index in [9.17, 15) is 9.59 Å². The van der Waals surface area contributed by atoms with Crippen molar-refractivity contribution in [1.82, 2.24) is 5.32 Å². The molecule has 0 heterocycles. The molecule has 0 aliphatic carbocycles. The average molecular weight is 368 g/mol. The molecule has 8 heteroatoms. The maximum Gasteiger partial charge on any atom is 0.316 e. The number of nitrogens with one attached hydrogen (secondary N) is 2. The molecule has 2 aromatic carbocycles. The van der Waals surface area contributed by atoms with E-state index in [1.807, 2.05) is 0 Å². The lowest BCUT2D eigenvalue weighted by Crippen LogP contribution is -2.28. The highest BCUT2D eigenvalue weighted by molar-refractivity contribution is 6.34. The van der Waals surface area contributed by atoms with Crippen molar-refractivity contribution in [2.24, 2.45) is 5.73 Å². The summed E-state index contributed by atoms with van der Waals surface area (Å²) in [5, 5.41) is 6.02. The van der Waals surface area contributed by atoms with Crippen LogP contribution >= 0.6 is 23.2 Å². The van der Waals surface area contributed by atoms with E-state index in [4.69, 9.17) is 33.7 Å². The number of urea groups is 1. The Morgan fingerprint density at radius 2 is 1.79 bits per heavy atom. The molecular formula is C16H15Cl2N3O3. The molecule has 6 nitrogen and oxygen atoms in total. The van der Waals surface area contributed by atoms with Crippen molar-refractivity contribution in [2.75, 3.05) is 11.9 Å². The van der Waals surface area contributed by atoms with Gasteiger partial charge < -0.3 is 21.1 Å². The molecule has 3 amide bonds. The zero-order valence-electron chi connectivity index (χ0n) is 12.5. The second kappa shape index (κ2) is 8.42. The van der Waals surface area contributed by atoms with E-state index >= 15 is 0 Å². The normalized spacial score (nSPS) is 10.1. The first-order valence-corrected chi connectivity index (χ1v) is 7.69. The first-order valence-electron chi connectivity index (χ1n) is 6.94. The Morgan fingerprint density at radius 1 is 1.08 bits per heavy atom. The van der Waals surface area contributed by atoms with Gasteiger partial charge in [0.05, 0.1) is 5.02 Å². The zero-order chi connectivity index (χ0) is 17.5. The predicted octanol–water partition coefficient (Wildman–Crippen LogP) is 3.18. The molecule has 0 bridgehead atoms. The molecular weight excluding hydrogens is 353 g/mol. The van der Waals surface area contributed by atoms with Gasteiger partial charge in [-0.05, 0) is 29.8 Å². The number of rotatable bonds is 6. The Balaban J connectivity index is 1.80. The second-order valence-electron chi connectivity index (χ2n) is 4.83. The number of anilines is 1. The summed E-state index contributed by atoms with van der Waals surface area (Å²) in [4.78, 5) is 22.5. The summed E-state index contributed by atoms with van der Waals surface area (Å²) in [5.74, 6) is 0.0478. The number of primary amides is 1. The van der Waals surface area contributed by atoms with Gasteiger partial charge in [-0.3, -0.25) is 4.79 Å². The van der Waals surface area contributed by atoms with Gasteiger partial charge in [0.15, 0.2) is 6.61 Å². The zero-order valence-corrected chi connectivity index (χ0v) is 14.0. The van der Waals surface area contributed by atoms with Crippen LogP contribution in [0, 0.1) is 0 Å². The number of amides is 3. The molecule has 0 aliphatic heterocycles. The number of benzene rings is 2. The van der Waals surface area contributed by atoms with E-state index in [0.717, 1.165) is 5.56 Å². The van der Waals surface area contributed by atoms with Gasteiger partial charge in [-0.25, -0.2) is 4.79 Å². The van der Waals surface area contributed by atoms with Gasteiger partial charge in [-0.2, -0.15) is 0 Å². The first-order chi connectivity index (χ1) is 11.4. The van der Waals surface area contributed by atoms with Crippen LogP contribution in [0.15, 0.2) is 42.5 Å². The lowest BCUT2D eigenvalue weighted by Gasteiger charge is -2.09. The maximum atomic E-state index is 11.8. The molecule has 0 unspecified atom stereocenters. The van der Waals surface area contributed by atoms with Crippen molar-refractivity contribution in [1.29, 1.82) is 0 Å². The Hall–Kier alpha value is -2.44. The molecule has 0 aliphatic rings. The summed E-state index contributed by atoms with van der Waals surface area (Å²) in [6, 6.07) is 11.0. The van der Waals surface area contributed by atoms with Gasteiger partial charge in [0.2, 0.25) is 0 Å². The monoisotopic (exact) mass is 367 g/mol. The maximum absolute atomic E-state index is 11.8. The molecule has 2 aromatic rings. The number of hydrogen-bond acceptors (Lipinski definition) is 3. The summed E-state index contributed by atoms with van der Waals surface area (Å²) in [5.41, 5.74) is 6.46. The molecule has 126 valence electrons. The molecule has 0 aromatic heterocycles. The van der Waals surface area contributed by atoms with Crippen LogP contribution in [0.2, 0.25) is 10.0 Å². The van der Waals surface area contributed by atoms with Crippen LogP contribution in [0.5, 0.6) is 5.75 Å². The summed E-state index contributed by atoms with van der Waals surface area (Å²) in [7, 11) is 0. The molecule has 0 spiro atoms. The first kappa shape index (κ1) is 17.9. The highest BCUT2D eigenvalue weighted by Crippen LogP contribution is 2.27. The van der Waals surface area contributed by atoms with Gasteiger partial charge in [-0.15, -0.1) is 0 Å². The van der Waals surface area contributed by atoms with Crippen LogP contribution < -0.4 is 21.1 Å². The van der Waals surface area contributed by atoms with Crippen molar-refractivity contribution in [2.45, 2.75) is 6.54 Å². The van der Waals surface area contributed by atoms with Crippen molar-refractivity contribution >= 4 is 40.8 Å². The van der Waals surface area contributed by atoms with Gasteiger partial charge in [0.1, 0.15) is 5.75 Å². The van der Waals surface area contributed by atoms with Crippen LogP contribution in [-0.4, -0.2) is 18.5 Å². The Morgan fingerprint density at radius 3 is 2.46 bits per heavy atom. The molecule has 4 N–H and O–H groups in total. The van der Waals surface area contributed by atoms with E-state index in [1.165, 1.54) is 0 Å². The predicted molar refractivity (Wildman–Crippen MR) is 93.5 cm³/mol. The quantitative estimate of drug-likeness (QED) is 0.731. The Kier molecular flexibility index (Phi) is 6.28. The minimum Gasteiger partial charge on any atom is -0.482 e. The van der Waals surface area contributed by atoms with Crippen LogP contribution in [0.4, 0.5) is 10.5 Å². The molecule has 0 fully saturated rings. The lowest BCUT2D eigenvalue weighted by molar-refractivity contribution is -0.123. The lowest BCUT2D eigenvalue weighted by atomic mass is 10.2. The number of carbonyl (C=O) groups excluding carboxylic acids is 2. The number of ether oxygens (including phenoxy) is 1. The van der Waals surface area contributed by atoms with Crippen LogP contribution in [0.1, 0.15) is 5.56 Å². The number of nitrogens with two attached hydrogens (primary N) is 1. The summed E-state index contributed by atoms with van der Waals surface area (Å²) in [6.07, 6.45) is 0. The SMILES string of the molecule is NC(=O)Nc1ccc(CNC(=O)COc2cc(Cl)ccc2Cl)cc1. The second-order valence-corrected chi connectivity index (χ2v) is 5.67. The van der Waals surface area contributed by atoms with E-state index in [0.29, 0.717) is 28.0 Å². The van der Waals surface area contributed by atoms with Gasteiger partial charge >= 0.3 is 6.03 Å². The topological polar surface area (TPSA) is 93.5 Å². The smallest absolute Gasteiger partial charge is 0.316 e. The van der Waals surface area contributed by atoms with Crippen LogP contribution in [-0.2, 0) is 11.3 Å². The largest absolute Gasteiger partial charge is 0.482 e. The van der Waals surface area contributed by atoms with E-state index < -0.39 is 6.03 Å². The fraction of sp³-hybridized carbons (Fsp3) is 0.125. The minimum atomic E-state index is -0.632. The fourth-order valence-electron chi connectivity index (χ4n) is 1.83. The molecule has 0 saturated carbocycles. The van der Waals surface area contributed by atoms with Gasteiger partial charge in [0.25, 0.3) is 5.91 Å².